The smallest absolute Gasteiger partial charge is 0.243 e. The molecule has 0 aromatic heterocycles. The number of hydrogen-bond donors (Lipinski definition) is 1. The van der Waals surface area contributed by atoms with Crippen molar-refractivity contribution in [1.29, 1.82) is 0 Å². The molecule has 0 radical (unpaired) electrons. The zero-order valence-corrected chi connectivity index (χ0v) is 16.2. The van der Waals surface area contributed by atoms with E-state index in [9.17, 15) is 13.2 Å². The van der Waals surface area contributed by atoms with Gasteiger partial charge in [-0.25, -0.2) is 8.42 Å². The van der Waals surface area contributed by atoms with Crippen molar-refractivity contribution in [3.8, 4) is 0 Å². The predicted molar refractivity (Wildman–Crippen MR) is 105 cm³/mol. The highest BCUT2D eigenvalue weighted by Crippen LogP contribution is 2.19. The molecular weight excluding hydrogens is 350 g/mol. The molecule has 2 rings (SSSR count). The molecule has 7 heteroatoms. The first-order chi connectivity index (χ1) is 12.4. The maximum Gasteiger partial charge on any atom is 0.243 e. The zero-order valence-electron chi connectivity index (χ0n) is 15.3. The fraction of sp³-hybridized carbons (Fsp3) is 0.316. The van der Waals surface area contributed by atoms with Gasteiger partial charge in [0, 0.05) is 31.5 Å². The van der Waals surface area contributed by atoms with Gasteiger partial charge in [0.25, 0.3) is 0 Å². The van der Waals surface area contributed by atoms with E-state index in [4.69, 9.17) is 0 Å². The Morgan fingerprint density at radius 2 is 1.65 bits per heavy atom. The Labute approximate surface area is 155 Å². The van der Waals surface area contributed by atoms with Crippen molar-refractivity contribution in [3.63, 3.8) is 0 Å². The number of rotatable bonds is 8. The molecule has 1 N–H and O–H groups in total. The van der Waals surface area contributed by atoms with Crippen molar-refractivity contribution < 1.29 is 13.2 Å². The molecule has 0 aliphatic heterocycles. The van der Waals surface area contributed by atoms with E-state index in [0.717, 1.165) is 5.69 Å². The highest BCUT2D eigenvalue weighted by atomic mass is 32.2. The molecule has 2 aromatic rings. The van der Waals surface area contributed by atoms with Gasteiger partial charge in [0.15, 0.2) is 0 Å². The van der Waals surface area contributed by atoms with Gasteiger partial charge in [-0.05, 0) is 30.3 Å². The summed E-state index contributed by atoms with van der Waals surface area (Å²) >= 11 is 0. The molecule has 0 aliphatic rings. The number of para-hydroxylation sites is 1. The Morgan fingerprint density at radius 3 is 2.27 bits per heavy atom. The third-order valence-corrected chi connectivity index (χ3v) is 6.08. The minimum absolute atomic E-state index is 0.164. The number of sulfonamides is 1. The number of carbonyl (C=O) groups excluding carboxylic acids is 1. The van der Waals surface area contributed by atoms with Gasteiger partial charge in [0.1, 0.15) is 0 Å². The highest BCUT2D eigenvalue weighted by Gasteiger charge is 2.21. The average molecular weight is 375 g/mol. The first kappa shape index (κ1) is 19.9. The maximum absolute atomic E-state index is 12.6. The summed E-state index contributed by atoms with van der Waals surface area (Å²) in [7, 11) is -1.72. The number of benzene rings is 2. The molecule has 140 valence electrons. The molecule has 0 spiro atoms. The maximum atomic E-state index is 12.6. The molecule has 0 saturated heterocycles. The Balaban J connectivity index is 2.10. The summed E-state index contributed by atoms with van der Waals surface area (Å²) in [5.74, 6) is -0.214. The molecule has 0 unspecified atom stereocenters. The normalized spacial score (nSPS) is 11.4. The Kier molecular flexibility index (Phi) is 6.76. The summed E-state index contributed by atoms with van der Waals surface area (Å²) in [6.07, 6.45) is 0. The Morgan fingerprint density at radius 1 is 1.00 bits per heavy atom. The standard InChI is InChI=1S/C19H25N3O3S/c1-4-22(5-2)26(24,25)18-13-9-10-16(14-18)20-19(23)15-21(3)17-11-7-6-8-12-17/h6-14H,4-5,15H2,1-3H3,(H,20,23). The van der Waals surface area contributed by atoms with E-state index in [1.165, 1.54) is 10.4 Å². The molecule has 1 amide bonds. The molecule has 0 aliphatic carbocycles. The van der Waals surface area contributed by atoms with Crippen LogP contribution in [0, 0.1) is 0 Å². The first-order valence-corrected chi connectivity index (χ1v) is 9.98. The third-order valence-electron chi connectivity index (χ3n) is 4.04. The van der Waals surface area contributed by atoms with E-state index in [2.05, 4.69) is 5.32 Å². The molecular formula is C19H25N3O3S. The van der Waals surface area contributed by atoms with Crippen LogP contribution in [0.1, 0.15) is 13.8 Å². The predicted octanol–water partition coefficient (Wildman–Crippen LogP) is 2.79. The van der Waals surface area contributed by atoms with E-state index >= 15 is 0 Å². The largest absolute Gasteiger partial charge is 0.365 e. The molecule has 0 bridgehead atoms. The molecule has 0 fully saturated rings. The summed E-state index contributed by atoms with van der Waals surface area (Å²) in [6.45, 7) is 4.56. The van der Waals surface area contributed by atoms with E-state index in [0.29, 0.717) is 18.8 Å². The number of hydrogen-bond acceptors (Lipinski definition) is 4. The van der Waals surface area contributed by atoms with Crippen molar-refractivity contribution >= 4 is 27.3 Å². The quantitative estimate of drug-likeness (QED) is 0.770. The van der Waals surface area contributed by atoms with E-state index in [1.807, 2.05) is 42.3 Å². The average Bonchev–Trinajstić information content (AvgIpc) is 2.63. The van der Waals surface area contributed by atoms with Crippen molar-refractivity contribution in [2.24, 2.45) is 0 Å². The molecule has 2 aromatic carbocycles. The van der Waals surface area contributed by atoms with Gasteiger partial charge in [-0.15, -0.1) is 0 Å². The first-order valence-electron chi connectivity index (χ1n) is 8.54. The van der Waals surface area contributed by atoms with Gasteiger partial charge in [-0.2, -0.15) is 4.31 Å². The molecule has 0 heterocycles. The monoisotopic (exact) mass is 375 g/mol. The van der Waals surface area contributed by atoms with Crippen LogP contribution in [0.25, 0.3) is 0 Å². The fourth-order valence-electron chi connectivity index (χ4n) is 2.64. The summed E-state index contributed by atoms with van der Waals surface area (Å²) in [4.78, 5) is 14.3. The lowest BCUT2D eigenvalue weighted by molar-refractivity contribution is -0.114. The van der Waals surface area contributed by atoms with Crippen LogP contribution in [0.4, 0.5) is 11.4 Å². The van der Waals surface area contributed by atoms with Crippen LogP contribution in [0.2, 0.25) is 0 Å². The highest BCUT2D eigenvalue weighted by molar-refractivity contribution is 7.89. The van der Waals surface area contributed by atoms with Crippen molar-refractivity contribution in [2.75, 3.05) is 36.9 Å². The number of nitrogens with zero attached hydrogens (tertiary/aromatic N) is 2. The number of amides is 1. The van der Waals surface area contributed by atoms with Crippen LogP contribution in [0.5, 0.6) is 0 Å². The second-order valence-corrected chi connectivity index (χ2v) is 7.79. The van der Waals surface area contributed by atoms with Crippen molar-refractivity contribution in [3.05, 3.63) is 54.6 Å². The van der Waals surface area contributed by atoms with Crippen LogP contribution in [-0.2, 0) is 14.8 Å². The summed E-state index contributed by atoms with van der Waals surface area (Å²) in [5, 5.41) is 2.77. The molecule has 0 atom stereocenters. The van der Waals surface area contributed by atoms with Gasteiger partial charge >= 0.3 is 0 Å². The number of carbonyl (C=O) groups is 1. The van der Waals surface area contributed by atoms with Crippen LogP contribution in [-0.4, -0.2) is 45.3 Å². The molecule has 26 heavy (non-hydrogen) atoms. The second kappa shape index (κ2) is 8.82. The third kappa shape index (κ3) is 4.83. The van der Waals surface area contributed by atoms with Gasteiger partial charge in [0.05, 0.1) is 11.4 Å². The summed E-state index contributed by atoms with van der Waals surface area (Å²) in [6, 6.07) is 15.9. The van der Waals surface area contributed by atoms with Gasteiger partial charge in [0.2, 0.25) is 15.9 Å². The number of likely N-dealkylation sites (N-methyl/N-ethyl adjacent to an activating group) is 1. The Bertz CT molecular complexity index is 834. The van der Waals surface area contributed by atoms with Crippen LogP contribution < -0.4 is 10.2 Å². The molecule has 0 saturated carbocycles. The topological polar surface area (TPSA) is 69.7 Å². The van der Waals surface area contributed by atoms with E-state index < -0.39 is 10.0 Å². The minimum Gasteiger partial charge on any atom is -0.365 e. The molecule has 6 nitrogen and oxygen atoms in total. The van der Waals surface area contributed by atoms with E-state index in [-0.39, 0.29) is 17.3 Å². The van der Waals surface area contributed by atoms with Crippen LogP contribution in [0.3, 0.4) is 0 Å². The SMILES string of the molecule is CCN(CC)S(=O)(=O)c1cccc(NC(=O)CN(C)c2ccccc2)c1. The summed E-state index contributed by atoms with van der Waals surface area (Å²) in [5.41, 5.74) is 1.39. The lowest BCUT2D eigenvalue weighted by Crippen LogP contribution is -2.31. The van der Waals surface area contributed by atoms with Gasteiger partial charge in [-0.1, -0.05) is 38.1 Å². The van der Waals surface area contributed by atoms with Crippen molar-refractivity contribution in [2.45, 2.75) is 18.7 Å². The fourth-order valence-corrected chi connectivity index (χ4v) is 4.14. The van der Waals surface area contributed by atoms with Crippen LogP contribution >= 0.6 is 0 Å². The van der Waals surface area contributed by atoms with Crippen molar-refractivity contribution in [1.82, 2.24) is 4.31 Å². The van der Waals surface area contributed by atoms with Gasteiger partial charge < -0.3 is 10.2 Å². The van der Waals surface area contributed by atoms with E-state index in [1.54, 1.807) is 32.0 Å². The number of nitrogens with one attached hydrogen (secondary N) is 1. The lowest BCUT2D eigenvalue weighted by atomic mass is 10.3. The minimum atomic E-state index is -3.55. The lowest BCUT2D eigenvalue weighted by Gasteiger charge is -2.20. The second-order valence-electron chi connectivity index (χ2n) is 5.86. The van der Waals surface area contributed by atoms with Crippen LogP contribution in [0.15, 0.2) is 59.5 Å². The number of anilines is 2. The zero-order chi connectivity index (χ0) is 19.2. The summed E-state index contributed by atoms with van der Waals surface area (Å²) < 4.78 is 26.6. The Hall–Kier alpha value is -2.38. The van der Waals surface area contributed by atoms with Gasteiger partial charge in [-0.3, -0.25) is 4.79 Å².